The highest BCUT2D eigenvalue weighted by molar-refractivity contribution is 7.12. The Morgan fingerprint density at radius 2 is 2.00 bits per heavy atom. The smallest absolute Gasteiger partial charge is 0.265 e. The Labute approximate surface area is 145 Å². The molecule has 0 fully saturated rings. The van der Waals surface area contributed by atoms with Gasteiger partial charge in [-0.25, -0.2) is 0 Å². The third kappa shape index (κ3) is 4.91. The minimum Gasteiger partial charge on any atom is -0.391 e. The average Bonchev–Trinajstić information content (AvgIpc) is 3.13. The van der Waals surface area contributed by atoms with Gasteiger partial charge in [-0.2, -0.15) is 0 Å². The van der Waals surface area contributed by atoms with Crippen LogP contribution < -0.4 is 10.6 Å². The molecular formula is C18H22N2O3S. The molecular weight excluding hydrogens is 324 g/mol. The Kier molecular flexibility index (Phi) is 6.52. The van der Waals surface area contributed by atoms with Crippen molar-refractivity contribution in [1.29, 1.82) is 0 Å². The molecule has 1 aromatic carbocycles. The minimum absolute atomic E-state index is 0.127. The Hall–Kier alpha value is -2.18. The molecule has 0 spiro atoms. The van der Waals surface area contributed by atoms with Gasteiger partial charge in [-0.15, -0.1) is 11.3 Å². The highest BCUT2D eigenvalue weighted by Crippen LogP contribution is 2.15. The quantitative estimate of drug-likeness (QED) is 0.721. The van der Waals surface area contributed by atoms with Crippen molar-refractivity contribution >= 4 is 28.8 Å². The molecule has 2 aromatic rings. The Morgan fingerprint density at radius 1 is 1.21 bits per heavy atom. The van der Waals surface area contributed by atoms with Crippen molar-refractivity contribution < 1.29 is 14.7 Å². The normalized spacial score (nSPS) is 13.1. The van der Waals surface area contributed by atoms with Crippen LogP contribution in [0.1, 0.15) is 40.3 Å². The number of rotatable bonds is 7. The first-order valence-electron chi connectivity index (χ1n) is 7.92. The first kappa shape index (κ1) is 18.2. The fourth-order valence-electron chi connectivity index (χ4n) is 2.11. The van der Waals surface area contributed by atoms with Crippen LogP contribution in [-0.2, 0) is 0 Å². The highest BCUT2D eigenvalue weighted by atomic mass is 32.1. The number of nitrogens with one attached hydrogen (secondary N) is 2. The lowest BCUT2D eigenvalue weighted by atomic mass is 10.0. The minimum atomic E-state index is -0.569. The second-order valence-electron chi connectivity index (χ2n) is 5.68. The largest absolute Gasteiger partial charge is 0.391 e. The monoisotopic (exact) mass is 346 g/mol. The predicted octanol–water partition coefficient (Wildman–Crippen LogP) is 3.14. The number of hydrogen-bond acceptors (Lipinski definition) is 4. The zero-order valence-corrected chi connectivity index (χ0v) is 14.6. The summed E-state index contributed by atoms with van der Waals surface area (Å²) in [6, 6.07) is 10.3. The summed E-state index contributed by atoms with van der Waals surface area (Å²) >= 11 is 1.36. The van der Waals surface area contributed by atoms with Crippen LogP contribution >= 0.6 is 11.3 Å². The summed E-state index contributed by atoms with van der Waals surface area (Å²) in [5.41, 5.74) is 0.999. The number of amides is 2. The average molecular weight is 346 g/mol. The maximum atomic E-state index is 12.2. The fourth-order valence-corrected chi connectivity index (χ4v) is 2.73. The van der Waals surface area contributed by atoms with Gasteiger partial charge in [-0.1, -0.05) is 32.4 Å². The number of anilines is 1. The Bertz CT molecular complexity index is 685. The van der Waals surface area contributed by atoms with E-state index in [1.54, 1.807) is 30.3 Å². The van der Waals surface area contributed by atoms with Gasteiger partial charge >= 0.3 is 0 Å². The number of carbonyl (C=O) groups excluding carboxylic acids is 2. The van der Waals surface area contributed by atoms with Gasteiger partial charge in [0.15, 0.2) is 0 Å². The molecule has 1 heterocycles. The van der Waals surface area contributed by atoms with Crippen molar-refractivity contribution in [3.05, 3.63) is 52.2 Å². The summed E-state index contributed by atoms with van der Waals surface area (Å²) in [6.45, 7) is 4.15. The zero-order valence-electron chi connectivity index (χ0n) is 13.8. The maximum Gasteiger partial charge on any atom is 0.265 e. The lowest BCUT2D eigenvalue weighted by Crippen LogP contribution is -2.35. The van der Waals surface area contributed by atoms with Crippen molar-refractivity contribution in [2.45, 2.75) is 26.4 Å². The molecule has 0 aliphatic carbocycles. The highest BCUT2D eigenvalue weighted by Gasteiger charge is 2.14. The number of aliphatic hydroxyl groups excluding tert-OH is 1. The van der Waals surface area contributed by atoms with Crippen LogP contribution in [0.15, 0.2) is 41.8 Å². The van der Waals surface area contributed by atoms with E-state index in [9.17, 15) is 14.7 Å². The molecule has 3 N–H and O–H groups in total. The van der Waals surface area contributed by atoms with Crippen LogP contribution in [0.5, 0.6) is 0 Å². The van der Waals surface area contributed by atoms with E-state index in [1.807, 2.05) is 25.3 Å². The van der Waals surface area contributed by atoms with Gasteiger partial charge in [0.05, 0.1) is 11.0 Å². The van der Waals surface area contributed by atoms with Crippen LogP contribution in [0.3, 0.4) is 0 Å². The van der Waals surface area contributed by atoms with Gasteiger partial charge in [0, 0.05) is 17.8 Å². The summed E-state index contributed by atoms with van der Waals surface area (Å²) in [7, 11) is 0. The number of aliphatic hydroxyl groups is 1. The summed E-state index contributed by atoms with van der Waals surface area (Å²) in [6.07, 6.45) is 0.280. The molecule has 24 heavy (non-hydrogen) atoms. The standard InChI is InChI=1S/C18H22N2O3S/c1-3-12(2)15(21)11-19-17(22)13-6-4-7-14(10-13)20-18(23)16-8-5-9-24-16/h4-10,12,15,21H,3,11H2,1-2H3,(H,19,22)(H,20,23). The summed E-state index contributed by atoms with van der Waals surface area (Å²) in [5.74, 6) is -0.346. The van der Waals surface area contributed by atoms with E-state index in [2.05, 4.69) is 10.6 Å². The molecule has 2 amide bonds. The van der Waals surface area contributed by atoms with E-state index >= 15 is 0 Å². The van der Waals surface area contributed by atoms with Gasteiger partial charge in [-0.05, 0) is 35.6 Å². The van der Waals surface area contributed by atoms with E-state index in [1.165, 1.54) is 11.3 Å². The van der Waals surface area contributed by atoms with Crippen molar-refractivity contribution in [3.8, 4) is 0 Å². The van der Waals surface area contributed by atoms with Crippen molar-refractivity contribution in [2.75, 3.05) is 11.9 Å². The molecule has 6 heteroatoms. The Morgan fingerprint density at radius 3 is 2.67 bits per heavy atom. The number of thiophene rings is 1. The molecule has 1 aromatic heterocycles. The van der Waals surface area contributed by atoms with E-state index in [0.29, 0.717) is 16.1 Å². The lowest BCUT2D eigenvalue weighted by Gasteiger charge is -2.17. The van der Waals surface area contributed by atoms with E-state index in [-0.39, 0.29) is 24.3 Å². The fraction of sp³-hybridized carbons (Fsp3) is 0.333. The second kappa shape index (κ2) is 8.61. The van der Waals surface area contributed by atoms with E-state index < -0.39 is 6.10 Å². The van der Waals surface area contributed by atoms with Gasteiger partial charge in [0.2, 0.25) is 0 Å². The number of benzene rings is 1. The van der Waals surface area contributed by atoms with Gasteiger partial charge in [-0.3, -0.25) is 9.59 Å². The molecule has 0 bridgehead atoms. The van der Waals surface area contributed by atoms with Crippen molar-refractivity contribution in [2.24, 2.45) is 5.92 Å². The van der Waals surface area contributed by atoms with Crippen LogP contribution in [-0.4, -0.2) is 29.6 Å². The van der Waals surface area contributed by atoms with Crippen LogP contribution in [0.25, 0.3) is 0 Å². The van der Waals surface area contributed by atoms with Gasteiger partial charge in [0.1, 0.15) is 0 Å². The molecule has 0 aliphatic heterocycles. The molecule has 128 valence electrons. The molecule has 0 radical (unpaired) electrons. The topological polar surface area (TPSA) is 78.4 Å². The Balaban J connectivity index is 1.96. The third-order valence-corrected chi connectivity index (χ3v) is 4.77. The first-order valence-corrected chi connectivity index (χ1v) is 8.80. The molecule has 2 atom stereocenters. The second-order valence-corrected chi connectivity index (χ2v) is 6.62. The van der Waals surface area contributed by atoms with Gasteiger partial charge in [0.25, 0.3) is 11.8 Å². The SMILES string of the molecule is CCC(C)C(O)CNC(=O)c1cccc(NC(=O)c2cccs2)c1. The first-order chi connectivity index (χ1) is 11.5. The van der Waals surface area contributed by atoms with Crippen LogP contribution in [0.2, 0.25) is 0 Å². The van der Waals surface area contributed by atoms with Crippen LogP contribution in [0.4, 0.5) is 5.69 Å². The molecule has 0 saturated carbocycles. The molecule has 0 aliphatic rings. The predicted molar refractivity (Wildman–Crippen MR) is 96.5 cm³/mol. The van der Waals surface area contributed by atoms with E-state index in [0.717, 1.165) is 6.42 Å². The number of hydrogen-bond donors (Lipinski definition) is 3. The zero-order chi connectivity index (χ0) is 17.5. The molecule has 0 saturated heterocycles. The maximum absolute atomic E-state index is 12.2. The van der Waals surface area contributed by atoms with Crippen LogP contribution in [0, 0.1) is 5.92 Å². The molecule has 5 nitrogen and oxygen atoms in total. The molecule has 2 rings (SSSR count). The summed E-state index contributed by atoms with van der Waals surface area (Å²) in [5, 5.41) is 17.3. The summed E-state index contributed by atoms with van der Waals surface area (Å²) in [4.78, 5) is 24.9. The van der Waals surface area contributed by atoms with E-state index in [4.69, 9.17) is 0 Å². The van der Waals surface area contributed by atoms with Gasteiger partial charge < -0.3 is 15.7 Å². The summed E-state index contributed by atoms with van der Waals surface area (Å²) < 4.78 is 0. The van der Waals surface area contributed by atoms with Crippen molar-refractivity contribution in [1.82, 2.24) is 5.32 Å². The van der Waals surface area contributed by atoms with Crippen molar-refractivity contribution in [3.63, 3.8) is 0 Å². The number of carbonyl (C=O) groups is 2. The third-order valence-electron chi connectivity index (χ3n) is 3.90. The lowest BCUT2D eigenvalue weighted by molar-refractivity contribution is 0.0850. The molecule has 2 unspecified atom stereocenters.